The van der Waals surface area contributed by atoms with Gasteiger partial charge in [-0.2, -0.15) is 0 Å². The molecule has 1 atom stereocenters. The SMILES string of the molecule is O=C1NC(=O)C(Cc2cnc3cc(OCCc4nc5ccccc5s4)ccc3c2)S1. The van der Waals surface area contributed by atoms with Gasteiger partial charge in [0.05, 0.1) is 32.6 Å². The van der Waals surface area contributed by atoms with Gasteiger partial charge in [0.2, 0.25) is 5.91 Å². The summed E-state index contributed by atoms with van der Waals surface area (Å²) >= 11 is 2.73. The van der Waals surface area contributed by atoms with Gasteiger partial charge in [0.15, 0.2) is 0 Å². The first-order chi connectivity index (χ1) is 14.6. The van der Waals surface area contributed by atoms with E-state index in [2.05, 4.69) is 21.4 Å². The Balaban J connectivity index is 1.23. The second-order valence-corrected chi connectivity index (χ2v) is 9.25. The number of rotatable bonds is 6. The minimum Gasteiger partial charge on any atom is -0.493 e. The van der Waals surface area contributed by atoms with Crippen LogP contribution in [0.2, 0.25) is 0 Å². The molecule has 1 unspecified atom stereocenters. The first-order valence-electron chi connectivity index (χ1n) is 9.51. The summed E-state index contributed by atoms with van der Waals surface area (Å²) in [5, 5.41) is 3.68. The number of para-hydroxylation sites is 1. The fraction of sp³-hybridized carbons (Fsp3) is 0.182. The number of imide groups is 1. The Hall–Kier alpha value is -2.97. The molecular weight excluding hydrogens is 418 g/mol. The predicted octanol–water partition coefficient (Wildman–Crippen LogP) is 4.36. The molecule has 0 saturated carbocycles. The highest BCUT2D eigenvalue weighted by Gasteiger charge is 2.31. The summed E-state index contributed by atoms with van der Waals surface area (Å²) in [6.45, 7) is 0.547. The first-order valence-corrected chi connectivity index (χ1v) is 11.2. The van der Waals surface area contributed by atoms with Gasteiger partial charge in [0.25, 0.3) is 5.24 Å². The van der Waals surface area contributed by atoms with Gasteiger partial charge in [0, 0.05) is 24.1 Å². The average Bonchev–Trinajstić information content (AvgIpc) is 3.29. The summed E-state index contributed by atoms with van der Waals surface area (Å²) in [6, 6.07) is 15.9. The number of carbonyl (C=O) groups excluding carboxylic acids is 2. The maximum Gasteiger partial charge on any atom is 0.286 e. The van der Waals surface area contributed by atoms with Crippen LogP contribution < -0.4 is 10.1 Å². The Kier molecular flexibility index (Phi) is 5.10. The molecular formula is C22H17N3O3S2. The minimum absolute atomic E-state index is 0.234. The maximum atomic E-state index is 11.8. The van der Waals surface area contributed by atoms with Crippen LogP contribution in [0, 0.1) is 0 Å². The minimum atomic E-state index is -0.387. The Morgan fingerprint density at radius 3 is 2.80 bits per heavy atom. The largest absolute Gasteiger partial charge is 0.493 e. The molecule has 1 saturated heterocycles. The lowest BCUT2D eigenvalue weighted by atomic mass is 10.1. The number of thiazole rings is 1. The molecule has 2 aromatic heterocycles. The van der Waals surface area contributed by atoms with Crippen molar-refractivity contribution in [3.05, 3.63) is 65.3 Å². The normalized spacial score (nSPS) is 16.3. The van der Waals surface area contributed by atoms with E-state index in [0.29, 0.717) is 13.0 Å². The summed E-state index contributed by atoms with van der Waals surface area (Å²) in [5.74, 6) is 0.530. The van der Waals surface area contributed by atoms with Crippen molar-refractivity contribution < 1.29 is 14.3 Å². The monoisotopic (exact) mass is 435 g/mol. The number of carbonyl (C=O) groups is 2. The summed E-state index contributed by atoms with van der Waals surface area (Å²) < 4.78 is 7.10. The molecule has 5 rings (SSSR count). The Labute approximate surface area is 180 Å². The van der Waals surface area contributed by atoms with Crippen molar-refractivity contribution in [1.82, 2.24) is 15.3 Å². The van der Waals surface area contributed by atoms with Gasteiger partial charge in [-0.1, -0.05) is 23.9 Å². The number of ether oxygens (including phenoxy) is 1. The van der Waals surface area contributed by atoms with Crippen LogP contribution in [0.5, 0.6) is 5.75 Å². The molecule has 1 aliphatic heterocycles. The molecule has 0 spiro atoms. The molecule has 0 bridgehead atoms. The highest BCUT2D eigenvalue weighted by atomic mass is 32.2. The number of fused-ring (bicyclic) bond motifs is 2. The van der Waals surface area contributed by atoms with Gasteiger partial charge in [-0.3, -0.25) is 19.9 Å². The van der Waals surface area contributed by atoms with Gasteiger partial charge >= 0.3 is 0 Å². The molecule has 1 N–H and O–H groups in total. The molecule has 2 amide bonds. The lowest BCUT2D eigenvalue weighted by Gasteiger charge is -2.08. The second-order valence-electron chi connectivity index (χ2n) is 6.96. The fourth-order valence-corrected chi connectivity index (χ4v) is 5.18. The summed E-state index contributed by atoms with van der Waals surface area (Å²) in [6.07, 6.45) is 2.99. The van der Waals surface area contributed by atoms with Crippen molar-refractivity contribution in [3.8, 4) is 5.75 Å². The number of nitrogens with one attached hydrogen (secondary N) is 1. The van der Waals surface area contributed by atoms with Crippen LogP contribution in [0.1, 0.15) is 10.6 Å². The van der Waals surface area contributed by atoms with Crippen LogP contribution in [-0.4, -0.2) is 33.0 Å². The molecule has 1 fully saturated rings. The lowest BCUT2D eigenvalue weighted by molar-refractivity contribution is -0.118. The summed E-state index contributed by atoms with van der Waals surface area (Å²) in [5.41, 5.74) is 2.78. The number of amides is 2. The predicted molar refractivity (Wildman–Crippen MR) is 119 cm³/mol. The van der Waals surface area contributed by atoms with Crippen molar-refractivity contribution in [1.29, 1.82) is 0 Å². The smallest absolute Gasteiger partial charge is 0.286 e. The number of nitrogens with zero attached hydrogens (tertiary/aromatic N) is 2. The fourth-order valence-electron chi connectivity index (χ4n) is 3.37. The second kappa shape index (κ2) is 8.04. The highest BCUT2D eigenvalue weighted by Crippen LogP contribution is 2.26. The van der Waals surface area contributed by atoms with E-state index in [4.69, 9.17) is 4.74 Å². The van der Waals surface area contributed by atoms with Gasteiger partial charge in [-0.25, -0.2) is 4.98 Å². The zero-order chi connectivity index (χ0) is 20.5. The average molecular weight is 436 g/mol. The van der Waals surface area contributed by atoms with Crippen LogP contribution in [-0.2, 0) is 17.6 Å². The van der Waals surface area contributed by atoms with Gasteiger partial charge in [0.1, 0.15) is 5.75 Å². The van der Waals surface area contributed by atoms with Crippen molar-refractivity contribution in [2.24, 2.45) is 0 Å². The van der Waals surface area contributed by atoms with Gasteiger partial charge in [-0.15, -0.1) is 11.3 Å². The molecule has 0 aliphatic carbocycles. The summed E-state index contributed by atoms with van der Waals surface area (Å²) in [4.78, 5) is 32.2. The zero-order valence-electron chi connectivity index (χ0n) is 15.8. The molecule has 4 aromatic rings. The van der Waals surface area contributed by atoms with Gasteiger partial charge < -0.3 is 4.74 Å². The number of pyridine rings is 1. The third-order valence-corrected chi connectivity index (χ3v) is 6.90. The van der Waals surface area contributed by atoms with Gasteiger partial charge in [-0.05, 0) is 42.3 Å². The Morgan fingerprint density at radius 1 is 1.07 bits per heavy atom. The quantitative estimate of drug-likeness (QED) is 0.485. The molecule has 6 nitrogen and oxygen atoms in total. The standard InChI is InChI=1S/C22H17N3O3S2/c26-21-19(30-22(27)25-21)10-13-9-14-5-6-15(11-17(14)23-12-13)28-8-7-20-24-16-3-1-2-4-18(16)29-20/h1-6,9,11-12,19H,7-8,10H2,(H,25,26,27). The highest BCUT2D eigenvalue weighted by molar-refractivity contribution is 8.15. The van der Waals surface area contributed by atoms with Crippen molar-refractivity contribution in [2.45, 2.75) is 18.1 Å². The number of aromatic nitrogens is 2. The topological polar surface area (TPSA) is 81.2 Å². The van der Waals surface area contributed by atoms with Crippen LogP contribution in [0.4, 0.5) is 4.79 Å². The van der Waals surface area contributed by atoms with Crippen molar-refractivity contribution in [2.75, 3.05) is 6.61 Å². The first kappa shape index (κ1) is 19.0. The van der Waals surface area contributed by atoms with E-state index in [1.54, 1.807) is 17.5 Å². The van der Waals surface area contributed by atoms with Crippen LogP contribution in [0.15, 0.2) is 54.7 Å². The molecule has 3 heterocycles. The van der Waals surface area contributed by atoms with E-state index in [1.807, 2.05) is 42.5 Å². The van der Waals surface area contributed by atoms with E-state index >= 15 is 0 Å². The van der Waals surface area contributed by atoms with Crippen LogP contribution in [0.3, 0.4) is 0 Å². The van der Waals surface area contributed by atoms with E-state index in [1.165, 1.54) is 4.70 Å². The number of hydrogen-bond donors (Lipinski definition) is 1. The maximum absolute atomic E-state index is 11.8. The molecule has 1 aliphatic rings. The number of benzene rings is 2. The third-order valence-electron chi connectivity index (χ3n) is 4.82. The van der Waals surface area contributed by atoms with Crippen molar-refractivity contribution in [3.63, 3.8) is 0 Å². The summed E-state index contributed by atoms with van der Waals surface area (Å²) in [7, 11) is 0. The van der Waals surface area contributed by atoms with Crippen LogP contribution in [0.25, 0.3) is 21.1 Å². The zero-order valence-corrected chi connectivity index (χ0v) is 17.5. The Bertz CT molecular complexity index is 1240. The molecule has 2 aromatic carbocycles. The Morgan fingerprint density at radius 2 is 1.97 bits per heavy atom. The van der Waals surface area contributed by atoms with E-state index in [9.17, 15) is 9.59 Å². The number of hydrogen-bond acceptors (Lipinski definition) is 7. The van der Waals surface area contributed by atoms with Crippen LogP contribution >= 0.6 is 23.1 Å². The molecule has 0 radical (unpaired) electrons. The molecule has 150 valence electrons. The van der Waals surface area contributed by atoms with E-state index in [0.717, 1.165) is 50.9 Å². The van der Waals surface area contributed by atoms with Crippen molar-refractivity contribution >= 4 is 55.4 Å². The number of thioether (sulfide) groups is 1. The lowest BCUT2D eigenvalue weighted by Crippen LogP contribution is -2.25. The molecule has 8 heteroatoms. The van der Waals surface area contributed by atoms with E-state index < -0.39 is 0 Å². The van der Waals surface area contributed by atoms with E-state index in [-0.39, 0.29) is 16.4 Å². The molecule has 30 heavy (non-hydrogen) atoms. The third kappa shape index (κ3) is 4.01.